The van der Waals surface area contributed by atoms with E-state index >= 15 is 0 Å². The molecular weight excluding hydrogens is 205 g/mol. The van der Waals surface area contributed by atoms with Crippen LogP contribution in [0, 0.1) is 17.1 Å². The van der Waals surface area contributed by atoms with Crippen molar-refractivity contribution in [2.24, 2.45) is 0 Å². The number of nitriles is 1. The van der Waals surface area contributed by atoms with Gasteiger partial charge in [-0.15, -0.1) is 0 Å². The first-order chi connectivity index (χ1) is 7.70. The molecule has 1 aliphatic heterocycles. The molecule has 1 unspecified atom stereocenters. The van der Waals surface area contributed by atoms with Crippen molar-refractivity contribution in [2.45, 2.75) is 13.0 Å². The van der Waals surface area contributed by atoms with Crippen LogP contribution in [-0.4, -0.2) is 25.7 Å². The predicted octanol–water partition coefficient (Wildman–Crippen LogP) is 1.50. The summed E-state index contributed by atoms with van der Waals surface area (Å²) in [6, 6.07) is 7.02. The van der Waals surface area contributed by atoms with Crippen LogP contribution in [0.5, 0.6) is 0 Å². The number of nitrogens with one attached hydrogen (secondary N) is 1. The number of hydrogen-bond donors (Lipinski definition) is 1. The monoisotopic (exact) mass is 219 g/mol. The molecule has 1 heterocycles. The van der Waals surface area contributed by atoms with Crippen LogP contribution in [0.3, 0.4) is 0 Å². The third-order valence-electron chi connectivity index (χ3n) is 2.81. The van der Waals surface area contributed by atoms with Crippen molar-refractivity contribution in [3.8, 4) is 6.07 Å². The number of anilines is 1. The van der Waals surface area contributed by atoms with Gasteiger partial charge in [-0.25, -0.2) is 4.39 Å². The first-order valence-corrected chi connectivity index (χ1v) is 5.38. The zero-order valence-corrected chi connectivity index (χ0v) is 9.20. The molecule has 0 bridgehead atoms. The molecule has 0 saturated carbocycles. The summed E-state index contributed by atoms with van der Waals surface area (Å²) >= 11 is 0. The van der Waals surface area contributed by atoms with Gasteiger partial charge in [0, 0.05) is 31.4 Å². The van der Waals surface area contributed by atoms with Crippen molar-refractivity contribution in [1.82, 2.24) is 5.32 Å². The van der Waals surface area contributed by atoms with Gasteiger partial charge in [0.15, 0.2) is 0 Å². The first-order valence-electron chi connectivity index (χ1n) is 5.38. The van der Waals surface area contributed by atoms with Gasteiger partial charge >= 0.3 is 0 Å². The molecule has 84 valence electrons. The highest BCUT2D eigenvalue weighted by atomic mass is 19.1. The van der Waals surface area contributed by atoms with Crippen molar-refractivity contribution in [1.29, 1.82) is 5.26 Å². The molecule has 1 N–H and O–H groups in total. The van der Waals surface area contributed by atoms with Crippen molar-refractivity contribution < 1.29 is 4.39 Å². The molecule has 1 aromatic carbocycles. The lowest BCUT2D eigenvalue weighted by molar-refractivity contribution is 0.484. The molecule has 16 heavy (non-hydrogen) atoms. The standard InChI is InChI=1S/C12H14FN3/c1-9-8-16(5-4-15-9)11-3-2-10(7-14)12(13)6-11/h2-3,6,9,15H,4-5,8H2,1H3. The minimum atomic E-state index is -0.439. The molecule has 2 rings (SSSR count). The minimum absolute atomic E-state index is 0.104. The maximum atomic E-state index is 13.4. The summed E-state index contributed by atoms with van der Waals surface area (Å²) in [6.45, 7) is 4.75. The Labute approximate surface area is 94.5 Å². The lowest BCUT2D eigenvalue weighted by Crippen LogP contribution is -2.49. The zero-order valence-electron chi connectivity index (χ0n) is 9.20. The van der Waals surface area contributed by atoms with Crippen molar-refractivity contribution in [3.05, 3.63) is 29.6 Å². The molecule has 1 aliphatic rings. The first kappa shape index (κ1) is 10.9. The molecule has 1 aromatic rings. The van der Waals surface area contributed by atoms with Gasteiger partial charge in [-0.1, -0.05) is 0 Å². The molecule has 1 saturated heterocycles. The van der Waals surface area contributed by atoms with E-state index in [4.69, 9.17) is 5.26 Å². The van der Waals surface area contributed by atoms with Crippen LogP contribution in [0.1, 0.15) is 12.5 Å². The fraction of sp³-hybridized carbons (Fsp3) is 0.417. The smallest absolute Gasteiger partial charge is 0.143 e. The van der Waals surface area contributed by atoms with E-state index in [0.29, 0.717) is 6.04 Å². The van der Waals surface area contributed by atoms with E-state index in [2.05, 4.69) is 17.1 Å². The Morgan fingerprint density at radius 1 is 1.56 bits per heavy atom. The van der Waals surface area contributed by atoms with E-state index < -0.39 is 5.82 Å². The van der Waals surface area contributed by atoms with E-state index in [0.717, 1.165) is 25.3 Å². The summed E-state index contributed by atoms with van der Waals surface area (Å²) in [5, 5.41) is 12.0. The summed E-state index contributed by atoms with van der Waals surface area (Å²) in [5.41, 5.74) is 0.955. The van der Waals surface area contributed by atoms with Gasteiger partial charge in [0.05, 0.1) is 5.56 Å². The molecule has 1 fully saturated rings. The number of piperazine rings is 1. The third kappa shape index (κ3) is 2.15. The number of benzene rings is 1. The fourth-order valence-electron chi connectivity index (χ4n) is 1.96. The van der Waals surface area contributed by atoms with E-state index in [9.17, 15) is 4.39 Å². The lowest BCUT2D eigenvalue weighted by atomic mass is 10.1. The molecule has 4 heteroatoms. The second-order valence-corrected chi connectivity index (χ2v) is 4.08. The maximum Gasteiger partial charge on any atom is 0.143 e. The van der Waals surface area contributed by atoms with Gasteiger partial charge in [-0.05, 0) is 25.1 Å². The van der Waals surface area contributed by atoms with Gasteiger partial charge in [-0.3, -0.25) is 0 Å². The predicted molar refractivity (Wildman–Crippen MR) is 60.8 cm³/mol. The molecule has 0 radical (unpaired) electrons. The Hall–Kier alpha value is -1.60. The van der Waals surface area contributed by atoms with Gasteiger partial charge in [0.2, 0.25) is 0 Å². The lowest BCUT2D eigenvalue weighted by Gasteiger charge is -2.33. The van der Waals surface area contributed by atoms with Gasteiger partial charge in [-0.2, -0.15) is 5.26 Å². The topological polar surface area (TPSA) is 39.1 Å². The van der Waals surface area contributed by atoms with Crippen LogP contribution in [0.4, 0.5) is 10.1 Å². The van der Waals surface area contributed by atoms with E-state index in [1.165, 1.54) is 12.1 Å². The molecule has 0 spiro atoms. The molecule has 0 amide bonds. The van der Waals surface area contributed by atoms with Gasteiger partial charge in [0.1, 0.15) is 11.9 Å². The SMILES string of the molecule is CC1CN(c2ccc(C#N)c(F)c2)CCN1. The number of hydrogen-bond acceptors (Lipinski definition) is 3. The van der Waals surface area contributed by atoms with Crippen LogP contribution >= 0.6 is 0 Å². The molecular formula is C12H14FN3. The summed E-state index contributed by atoms with van der Waals surface area (Å²) < 4.78 is 13.4. The van der Waals surface area contributed by atoms with Crippen LogP contribution in [-0.2, 0) is 0 Å². The van der Waals surface area contributed by atoms with Crippen molar-refractivity contribution in [2.75, 3.05) is 24.5 Å². The quantitative estimate of drug-likeness (QED) is 0.778. The highest BCUT2D eigenvalue weighted by molar-refractivity contribution is 5.51. The summed E-state index contributed by atoms with van der Waals surface area (Å²) in [5.74, 6) is -0.439. The molecule has 3 nitrogen and oxygen atoms in total. The number of halogens is 1. The van der Waals surface area contributed by atoms with Crippen molar-refractivity contribution in [3.63, 3.8) is 0 Å². The summed E-state index contributed by atoms with van der Waals surface area (Å²) in [6.07, 6.45) is 0. The molecule has 1 atom stereocenters. The second-order valence-electron chi connectivity index (χ2n) is 4.08. The Kier molecular flexibility index (Phi) is 3.07. The maximum absolute atomic E-state index is 13.4. The Bertz CT molecular complexity index is 425. The largest absolute Gasteiger partial charge is 0.369 e. The Morgan fingerprint density at radius 2 is 2.38 bits per heavy atom. The van der Waals surface area contributed by atoms with Crippen LogP contribution in [0.25, 0.3) is 0 Å². The Morgan fingerprint density at radius 3 is 3.00 bits per heavy atom. The van der Waals surface area contributed by atoms with E-state index in [-0.39, 0.29) is 5.56 Å². The van der Waals surface area contributed by atoms with Crippen molar-refractivity contribution >= 4 is 5.69 Å². The normalized spacial score (nSPS) is 20.6. The average molecular weight is 219 g/mol. The third-order valence-corrected chi connectivity index (χ3v) is 2.81. The molecule has 0 aliphatic carbocycles. The highest BCUT2D eigenvalue weighted by Gasteiger charge is 2.16. The van der Waals surface area contributed by atoms with Gasteiger partial charge < -0.3 is 10.2 Å². The minimum Gasteiger partial charge on any atom is -0.369 e. The highest BCUT2D eigenvalue weighted by Crippen LogP contribution is 2.19. The van der Waals surface area contributed by atoms with Gasteiger partial charge in [0.25, 0.3) is 0 Å². The van der Waals surface area contributed by atoms with E-state index in [1.54, 1.807) is 6.07 Å². The summed E-state index contributed by atoms with van der Waals surface area (Å²) in [7, 11) is 0. The summed E-state index contributed by atoms with van der Waals surface area (Å²) in [4.78, 5) is 2.13. The fourth-order valence-corrected chi connectivity index (χ4v) is 1.96. The van der Waals surface area contributed by atoms with Crippen LogP contribution < -0.4 is 10.2 Å². The molecule has 0 aromatic heterocycles. The second kappa shape index (κ2) is 4.50. The Balaban J connectivity index is 2.21. The zero-order chi connectivity index (χ0) is 11.5. The van der Waals surface area contributed by atoms with Crippen LogP contribution in [0.15, 0.2) is 18.2 Å². The average Bonchev–Trinajstić information content (AvgIpc) is 2.29. The number of rotatable bonds is 1. The van der Waals surface area contributed by atoms with E-state index in [1.807, 2.05) is 6.07 Å². The number of nitrogens with zero attached hydrogens (tertiary/aromatic N) is 2. The van der Waals surface area contributed by atoms with Crippen LogP contribution in [0.2, 0.25) is 0 Å².